The van der Waals surface area contributed by atoms with Crippen LogP contribution in [0.25, 0.3) is 10.8 Å². The van der Waals surface area contributed by atoms with Crippen LogP contribution in [0.2, 0.25) is 0 Å². The molecular formula is C18H22NO+. The van der Waals surface area contributed by atoms with Gasteiger partial charge in [-0.2, -0.15) is 0 Å². The van der Waals surface area contributed by atoms with Gasteiger partial charge < -0.3 is 4.48 Å². The second-order valence-corrected chi connectivity index (χ2v) is 5.83. The zero-order chi connectivity index (χ0) is 14.6. The third kappa shape index (κ3) is 3.34. The van der Waals surface area contributed by atoms with Crippen LogP contribution in [0, 0.1) is 0 Å². The fourth-order valence-corrected chi connectivity index (χ4v) is 2.45. The van der Waals surface area contributed by atoms with Crippen molar-refractivity contribution >= 4 is 16.6 Å². The zero-order valence-electron chi connectivity index (χ0n) is 12.3. The Morgan fingerprint density at radius 1 is 1.15 bits per heavy atom. The molecule has 0 aromatic heterocycles. The van der Waals surface area contributed by atoms with E-state index in [2.05, 4.69) is 20.7 Å². The molecular weight excluding hydrogens is 246 g/mol. The quantitative estimate of drug-likeness (QED) is 0.444. The highest BCUT2D eigenvalue weighted by Gasteiger charge is 2.17. The van der Waals surface area contributed by atoms with E-state index in [1.165, 1.54) is 0 Å². The number of quaternary nitrogens is 1. The fourth-order valence-electron chi connectivity index (χ4n) is 2.45. The number of likely N-dealkylation sites (N-methyl/N-ethyl adjacent to an activating group) is 1. The molecule has 0 spiro atoms. The van der Waals surface area contributed by atoms with Crippen LogP contribution in [0.1, 0.15) is 16.8 Å². The summed E-state index contributed by atoms with van der Waals surface area (Å²) in [5.74, 6) is 0.220. The molecule has 20 heavy (non-hydrogen) atoms. The largest absolute Gasteiger partial charge is 0.325 e. The summed E-state index contributed by atoms with van der Waals surface area (Å²) in [4.78, 5) is 12.5. The van der Waals surface area contributed by atoms with Gasteiger partial charge in [-0.15, -0.1) is 0 Å². The lowest BCUT2D eigenvalue weighted by Gasteiger charge is -2.28. The molecule has 0 radical (unpaired) electrons. The molecule has 0 aliphatic carbocycles. The molecule has 0 N–H and O–H groups in total. The Balaban J connectivity index is 2.18. The molecule has 2 nitrogen and oxygen atoms in total. The molecule has 2 aromatic carbocycles. The first kappa shape index (κ1) is 14.5. The van der Waals surface area contributed by atoms with Crippen molar-refractivity contribution in [2.75, 3.05) is 27.2 Å². The monoisotopic (exact) mass is 268 g/mol. The molecule has 0 saturated heterocycles. The topological polar surface area (TPSA) is 17.1 Å². The summed E-state index contributed by atoms with van der Waals surface area (Å²) in [5, 5.41) is 2.17. The predicted octanol–water partition coefficient (Wildman–Crippen LogP) is 3.68. The lowest BCUT2D eigenvalue weighted by Crippen LogP contribution is -2.41. The molecule has 0 fully saturated rings. The van der Waals surface area contributed by atoms with Gasteiger partial charge in [0, 0.05) is 5.56 Å². The van der Waals surface area contributed by atoms with Crippen molar-refractivity contribution in [1.82, 2.24) is 0 Å². The van der Waals surface area contributed by atoms with Crippen molar-refractivity contribution in [2.24, 2.45) is 0 Å². The van der Waals surface area contributed by atoms with E-state index >= 15 is 0 Å². The van der Waals surface area contributed by atoms with Crippen LogP contribution in [0.15, 0.2) is 55.1 Å². The van der Waals surface area contributed by atoms with E-state index < -0.39 is 0 Å². The van der Waals surface area contributed by atoms with E-state index in [4.69, 9.17) is 0 Å². The van der Waals surface area contributed by atoms with Crippen molar-refractivity contribution in [3.8, 4) is 0 Å². The fraction of sp³-hybridized carbons (Fsp3) is 0.278. The molecule has 0 saturated carbocycles. The van der Waals surface area contributed by atoms with Crippen molar-refractivity contribution in [3.63, 3.8) is 0 Å². The summed E-state index contributed by atoms with van der Waals surface area (Å²) in [7, 11) is 4.25. The number of rotatable bonds is 6. The van der Waals surface area contributed by atoms with Gasteiger partial charge in [-0.05, 0) is 16.8 Å². The minimum absolute atomic E-state index is 0.220. The Morgan fingerprint density at radius 3 is 2.60 bits per heavy atom. The van der Waals surface area contributed by atoms with E-state index in [1.54, 1.807) is 0 Å². The van der Waals surface area contributed by atoms with Gasteiger partial charge in [0.25, 0.3) is 0 Å². The smallest absolute Gasteiger partial charge is 0.169 e. The Labute approximate surface area is 120 Å². The maximum absolute atomic E-state index is 12.5. The minimum Gasteiger partial charge on any atom is -0.325 e. The van der Waals surface area contributed by atoms with Crippen LogP contribution in [-0.2, 0) is 0 Å². The standard InChI is InChI=1S/C18H22NO/c1-4-13-19(2,3)14-12-18(20)17-11-7-9-15-8-5-6-10-16(15)17/h4-11H,1,12-14H2,2-3H3/q+1. The Morgan fingerprint density at radius 2 is 1.85 bits per heavy atom. The summed E-state index contributed by atoms with van der Waals surface area (Å²) >= 11 is 0. The second-order valence-electron chi connectivity index (χ2n) is 5.83. The summed E-state index contributed by atoms with van der Waals surface area (Å²) in [6, 6.07) is 14.0. The maximum atomic E-state index is 12.5. The van der Waals surface area contributed by atoms with E-state index in [0.717, 1.165) is 33.9 Å². The second kappa shape index (κ2) is 6.02. The van der Waals surface area contributed by atoms with E-state index in [-0.39, 0.29) is 5.78 Å². The van der Waals surface area contributed by atoms with Crippen molar-refractivity contribution in [2.45, 2.75) is 6.42 Å². The lowest BCUT2D eigenvalue weighted by atomic mass is 10.00. The molecule has 0 amide bonds. The molecule has 0 heterocycles. The summed E-state index contributed by atoms with van der Waals surface area (Å²) < 4.78 is 0.792. The summed E-state index contributed by atoms with van der Waals surface area (Å²) in [6.45, 7) is 5.48. The minimum atomic E-state index is 0.220. The van der Waals surface area contributed by atoms with Gasteiger partial charge in [-0.3, -0.25) is 4.79 Å². The van der Waals surface area contributed by atoms with Crippen molar-refractivity contribution in [3.05, 3.63) is 60.7 Å². The van der Waals surface area contributed by atoms with Gasteiger partial charge in [0.1, 0.15) is 0 Å². The van der Waals surface area contributed by atoms with Crippen LogP contribution in [0.5, 0.6) is 0 Å². The first-order chi connectivity index (χ1) is 9.53. The van der Waals surface area contributed by atoms with Gasteiger partial charge >= 0.3 is 0 Å². The molecule has 0 bridgehead atoms. The number of Topliss-reactive ketones (excluding diaryl/α,β-unsaturated/α-hetero) is 1. The highest BCUT2D eigenvalue weighted by Crippen LogP contribution is 2.20. The van der Waals surface area contributed by atoms with E-state index in [0.29, 0.717) is 6.42 Å². The van der Waals surface area contributed by atoms with Crippen molar-refractivity contribution in [1.29, 1.82) is 0 Å². The summed E-state index contributed by atoms with van der Waals surface area (Å²) in [6.07, 6.45) is 2.47. The number of hydrogen-bond acceptors (Lipinski definition) is 1. The molecule has 0 aliphatic heterocycles. The number of carbonyl (C=O) groups is 1. The number of hydrogen-bond donors (Lipinski definition) is 0. The van der Waals surface area contributed by atoms with Crippen molar-refractivity contribution < 1.29 is 9.28 Å². The van der Waals surface area contributed by atoms with Crippen LogP contribution < -0.4 is 0 Å². The lowest BCUT2D eigenvalue weighted by molar-refractivity contribution is -0.883. The van der Waals surface area contributed by atoms with E-state index in [9.17, 15) is 4.79 Å². The number of ketones is 1. The van der Waals surface area contributed by atoms with Crippen LogP contribution >= 0.6 is 0 Å². The van der Waals surface area contributed by atoms with Crippen LogP contribution in [-0.4, -0.2) is 37.5 Å². The van der Waals surface area contributed by atoms with E-state index in [1.807, 2.05) is 48.5 Å². The molecule has 0 aliphatic rings. The van der Waals surface area contributed by atoms with Gasteiger partial charge in [0.05, 0.1) is 33.6 Å². The Hall–Kier alpha value is -1.93. The van der Waals surface area contributed by atoms with Crippen LogP contribution in [0.4, 0.5) is 0 Å². The number of fused-ring (bicyclic) bond motifs is 1. The molecule has 0 atom stereocenters. The number of nitrogens with zero attached hydrogens (tertiary/aromatic N) is 1. The SMILES string of the molecule is C=CC[N+](C)(C)CCC(=O)c1cccc2ccccc12. The first-order valence-corrected chi connectivity index (χ1v) is 6.97. The average Bonchev–Trinajstić information content (AvgIpc) is 2.44. The van der Waals surface area contributed by atoms with Gasteiger partial charge in [0.15, 0.2) is 5.78 Å². The highest BCUT2D eigenvalue weighted by molar-refractivity contribution is 6.08. The Bertz CT molecular complexity index is 623. The first-order valence-electron chi connectivity index (χ1n) is 6.97. The predicted molar refractivity (Wildman–Crippen MR) is 84.9 cm³/mol. The zero-order valence-corrected chi connectivity index (χ0v) is 12.3. The Kier molecular flexibility index (Phi) is 4.35. The van der Waals surface area contributed by atoms with Crippen LogP contribution in [0.3, 0.4) is 0 Å². The molecule has 2 aromatic rings. The maximum Gasteiger partial charge on any atom is 0.169 e. The number of benzene rings is 2. The summed E-state index contributed by atoms with van der Waals surface area (Å²) in [5.41, 5.74) is 0.835. The third-order valence-electron chi connectivity index (χ3n) is 3.66. The normalized spacial score (nSPS) is 11.5. The van der Waals surface area contributed by atoms with Gasteiger partial charge in [-0.1, -0.05) is 49.0 Å². The third-order valence-corrected chi connectivity index (χ3v) is 3.66. The molecule has 2 heteroatoms. The number of carbonyl (C=O) groups excluding carboxylic acids is 1. The molecule has 2 rings (SSSR count). The molecule has 104 valence electrons. The van der Waals surface area contributed by atoms with Gasteiger partial charge in [0.2, 0.25) is 0 Å². The van der Waals surface area contributed by atoms with Gasteiger partial charge in [-0.25, -0.2) is 0 Å². The highest BCUT2D eigenvalue weighted by atomic mass is 16.1. The molecule has 0 unspecified atom stereocenters. The average molecular weight is 268 g/mol.